The lowest BCUT2D eigenvalue weighted by atomic mass is 10.2. The number of rotatable bonds is 5. The lowest BCUT2D eigenvalue weighted by Crippen LogP contribution is -2.32. The van der Waals surface area contributed by atoms with Crippen molar-refractivity contribution < 1.29 is 30.7 Å². The predicted molar refractivity (Wildman–Crippen MR) is 71.3 cm³/mol. The van der Waals surface area contributed by atoms with Crippen LogP contribution in [0.25, 0.3) is 0 Å². The zero-order valence-electron chi connectivity index (χ0n) is 12.1. The second kappa shape index (κ2) is 8.99. The van der Waals surface area contributed by atoms with E-state index in [0.29, 0.717) is 0 Å². The maximum atomic E-state index is 10.7. The van der Waals surface area contributed by atoms with E-state index in [-0.39, 0.29) is 0 Å². The first kappa shape index (κ1) is 19.9. The first-order valence-electron chi connectivity index (χ1n) is 6.55. The molecule has 4 nitrogen and oxygen atoms in total. The van der Waals surface area contributed by atoms with Gasteiger partial charge in [0, 0.05) is 18.1 Å². The van der Waals surface area contributed by atoms with Crippen LogP contribution in [0.4, 0.5) is 13.2 Å². The van der Waals surface area contributed by atoms with Crippen molar-refractivity contribution in [2.24, 2.45) is 0 Å². The molecule has 0 amide bonds. The summed E-state index contributed by atoms with van der Waals surface area (Å²) in [4.78, 5) is 0. The molecule has 1 aromatic rings. The Kier molecular flexibility index (Phi) is 8.50. The molecule has 0 aromatic carbocycles. The van der Waals surface area contributed by atoms with Gasteiger partial charge in [0.2, 0.25) is 0 Å². The van der Waals surface area contributed by atoms with Crippen LogP contribution >= 0.6 is 0 Å². The minimum atomic E-state index is -6.09. The van der Waals surface area contributed by atoms with Crippen molar-refractivity contribution >= 4 is 10.1 Å². The number of aromatic nitrogens is 1. The van der Waals surface area contributed by atoms with Crippen molar-refractivity contribution in [2.45, 2.75) is 51.6 Å². The average molecular weight is 327 g/mol. The summed E-state index contributed by atoms with van der Waals surface area (Å²) in [6.07, 6.45) is 9.72. The van der Waals surface area contributed by atoms with Crippen LogP contribution in [-0.2, 0) is 16.7 Å². The highest BCUT2D eigenvalue weighted by Gasteiger charge is 2.36. The Morgan fingerprint density at radius 2 is 1.81 bits per heavy atom. The van der Waals surface area contributed by atoms with E-state index in [4.69, 9.17) is 13.0 Å². The predicted octanol–water partition coefficient (Wildman–Crippen LogP) is 2.91. The molecule has 1 heterocycles. The lowest BCUT2D eigenvalue weighted by molar-refractivity contribution is -0.697. The van der Waals surface area contributed by atoms with Crippen molar-refractivity contribution in [3.05, 3.63) is 30.1 Å². The molecular formula is C13H20F3NO3S. The minimum Gasteiger partial charge on any atom is -0.741 e. The zero-order valence-corrected chi connectivity index (χ0v) is 12.9. The van der Waals surface area contributed by atoms with Gasteiger partial charge in [-0.25, -0.2) is 13.0 Å². The molecule has 1 aromatic heterocycles. The monoisotopic (exact) mass is 327 g/mol. The van der Waals surface area contributed by atoms with E-state index in [1.807, 2.05) is 0 Å². The Balaban J connectivity index is 0.000000433. The maximum Gasteiger partial charge on any atom is 0.485 e. The number of hydrogen-bond acceptors (Lipinski definition) is 3. The van der Waals surface area contributed by atoms with E-state index < -0.39 is 15.6 Å². The van der Waals surface area contributed by atoms with E-state index in [0.717, 1.165) is 0 Å². The average Bonchev–Trinajstić information content (AvgIpc) is 2.33. The van der Waals surface area contributed by atoms with E-state index >= 15 is 0 Å². The van der Waals surface area contributed by atoms with Gasteiger partial charge in [-0.2, -0.15) is 13.2 Å². The quantitative estimate of drug-likeness (QED) is 0.361. The minimum absolute atomic E-state index is 1.17. The van der Waals surface area contributed by atoms with Crippen molar-refractivity contribution in [3.8, 4) is 0 Å². The number of pyridine rings is 1. The molecule has 0 N–H and O–H groups in total. The van der Waals surface area contributed by atoms with Crippen molar-refractivity contribution in [2.75, 3.05) is 0 Å². The van der Waals surface area contributed by atoms with Gasteiger partial charge in [-0.15, -0.1) is 0 Å². The zero-order chi connectivity index (χ0) is 16.5. The molecule has 122 valence electrons. The fraction of sp³-hybridized carbons (Fsp3) is 0.615. The summed E-state index contributed by atoms with van der Waals surface area (Å²) >= 11 is 0. The molecule has 0 atom stereocenters. The summed E-state index contributed by atoms with van der Waals surface area (Å²) in [6.45, 7) is 5.56. The molecule has 0 radical (unpaired) electrons. The van der Waals surface area contributed by atoms with Gasteiger partial charge in [-0.05, 0) is 19.4 Å². The Hall–Kier alpha value is -1.15. The van der Waals surface area contributed by atoms with Gasteiger partial charge in [-0.3, -0.25) is 0 Å². The van der Waals surface area contributed by atoms with E-state index in [2.05, 4.69) is 42.9 Å². The number of aryl methyl sites for hydroxylation is 2. The molecular weight excluding hydrogens is 307 g/mol. The summed E-state index contributed by atoms with van der Waals surface area (Å²) in [5, 5.41) is 0. The molecule has 0 aliphatic carbocycles. The normalized spacial score (nSPS) is 11.7. The molecule has 21 heavy (non-hydrogen) atoms. The SMILES string of the molecule is CCCCCC[n+]1cccc(C)c1.O=S(=O)([O-])C(F)(F)F. The molecule has 1 rings (SSSR count). The molecule has 0 aliphatic heterocycles. The Bertz CT molecular complexity index is 516. The molecule has 0 saturated heterocycles. The Morgan fingerprint density at radius 1 is 1.24 bits per heavy atom. The topological polar surface area (TPSA) is 61.1 Å². The van der Waals surface area contributed by atoms with Gasteiger partial charge in [0.05, 0.1) is 0 Å². The highest BCUT2D eigenvalue weighted by atomic mass is 32.2. The smallest absolute Gasteiger partial charge is 0.485 e. The summed E-state index contributed by atoms with van der Waals surface area (Å²) in [7, 11) is -6.09. The Morgan fingerprint density at radius 3 is 2.24 bits per heavy atom. The largest absolute Gasteiger partial charge is 0.741 e. The van der Waals surface area contributed by atoms with Gasteiger partial charge in [0.15, 0.2) is 22.5 Å². The molecule has 8 heteroatoms. The summed E-state index contributed by atoms with van der Waals surface area (Å²) in [6, 6.07) is 4.26. The standard InChI is InChI=1S/C12H20N.CHF3O3S/c1-3-4-5-6-9-13-10-7-8-12(2)11-13;2-1(3,4)8(5,6)7/h7-8,10-11H,3-6,9H2,1-2H3;(H,5,6,7)/q+1;/p-1. The Labute approximate surface area is 123 Å². The fourth-order valence-corrected chi connectivity index (χ4v) is 1.51. The van der Waals surface area contributed by atoms with Crippen LogP contribution in [0, 0.1) is 6.92 Å². The van der Waals surface area contributed by atoms with E-state index in [1.54, 1.807) is 0 Å². The molecule has 0 spiro atoms. The van der Waals surface area contributed by atoms with Crippen LogP contribution in [0.5, 0.6) is 0 Å². The second-order valence-corrected chi connectivity index (χ2v) is 5.95. The third-order valence-electron chi connectivity index (χ3n) is 2.56. The van der Waals surface area contributed by atoms with Crippen LogP contribution in [0.2, 0.25) is 0 Å². The molecule has 0 unspecified atom stereocenters. The number of nitrogens with zero attached hydrogens (tertiary/aromatic N) is 1. The lowest BCUT2D eigenvalue weighted by Gasteiger charge is -2.08. The van der Waals surface area contributed by atoms with Gasteiger partial charge < -0.3 is 4.55 Å². The summed E-state index contributed by atoms with van der Waals surface area (Å²) in [5.41, 5.74) is -4.30. The summed E-state index contributed by atoms with van der Waals surface area (Å²) < 4.78 is 61.2. The maximum absolute atomic E-state index is 10.7. The summed E-state index contributed by atoms with van der Waals surface area (Å²) in [5.74, 6) is 0. The van der Waals surface area contributed by atoms with Crippen LogP contribution in [0.3, 0.4) is 0 Å². The molecule has 0 aliphatic rings. The highest BCUT2D eigenvalue weighted by Crippen LogP contribution is 2.20. The molecule has 0 bridgehead atoms. The van der Waals surface area contributed by atoms with Crippen molar-refractivity contribution in [3.63, 3.8) is 0 Å². The van der Waals surface area contributed by atoms with Crippen LogP contribution < -0.4 is 4.57 Å². The van der Waals surface area contributed by atoms with Crippen LogP contribution in [-0.4, -0.2) is 18.5 Å². The van der Waals surface area contributed by atoms with Gasteiger partial charge in [0.25, 0.3) is 0 Å². The van der Waals surface area contributed by atoms with Gasteiger partial charge in [0.1, 0.15) is 6.54 Å². The van der Waals surface area contributed by atoms with Crippen LogP contribution in [0.15, 0.2) is 24.5 Å². The number of hydrogen-bond donors (Lipinski definition) is 0. The van der Waals surface area contributed by atoms with E-state index in [1.165, 1.54) is 37.8 Å². The highest BCUT2D eigenvalue weighted by molar-refractivity contribution is 7.86. The third-order valence-corrected chi connectivity index (χ3v) is 3.13. The second-order valence-electron chi connectivity index (χ2n) is 4.58. The van der Waals surface area contributed by atoms with E-state index in [9.17, 15) is 13.2 Å². The first-order valence-corrected chi connectivity index (χ1v) is 7.96. The van der Waals surface area contributed by atoms with Crippen molar-refractivity contribution in [1.82, 2.24) is 0 Å². The molecule has 0 fully saturated rings. The van der Waals surface area contributed by atoms with Crippen molar-refractivity contribution in [1.29, 1.82) is 0 Å². The fourth-order valence-electron chi connectivity index (χ4n) is 1.51. The number of alkyl halides is 3. The van der Waals surface area contributed by atoms with Gasteiger partial charge in [-0.1, -0.05) is 19.8 Å². The first-order chi connectivity index (χ1) is 9.58. The molecule has 0 saturated carbocycles. The number of unbranched alkanes of at least 4 members (excludes halogenated alkanes) is 3. The van der Waals surface area contributed by atoms with Gasteiger partial charge >= 0.3 is 5.51 Å². The van der Waals surface area contributed by atoms with Crippen LogP contribution in [0.1, 0.15) is 38.2 Å². The number of halogens is 3. The third kappa shape index (κ3) is 9.41.